The van der Waals surface area contributed by atoms with E-state index in [1.54, 1.807) is 0 Å². The van der Waals surface area contributed by atoms with E-state index in [1.165, 1.54) is 0 Å². The summed E-state index contributed by atoms with van der Waals surface area (Å²) in [5.41, 5.74) is 0. The van der Waals surface area contributed by atoms with Crippen LogP contribution in [0.5, 0.6) is 0 Å². The average molecular weight is 285 g/mol. The van der Waals surface area contributed by atoms with Crippen molar-refractivity contribution in [3.63, 3.8) is 0 Å². The second kappa shape index (κ2) is 9.75. The van der Waals surface area contributed by atoms with Gasteiger partial charge in [0.1, 0.15) is 0 Å². The third-order valence-electron chi connectivity index (χ3n) is 3.65. The minimum atomic E-state index is -0.734. The summed E-state index contributed by atoms with van der Waals surface area (Å²) in [6, 6.07) is 0. The fraction of sp³-hybridized carbons (Fsp3) is 0.867. The third kappa shape index (κ3) is 8.15. The predicted octanol–water partition coefficient (Wildman–Crippen LogP) is 2.49. The molecule has 20 heavy (non-hydrogen) atoms. The van der Waals surface area contributed by atoms with E-state index in [1.807, 2.05) is 0 Å². The topological polar surface area (TPSA) is 75.6 Å². The van der Waals surface area contributed by atoms with E-state index in [4.69, 9.17) is 9.84 Å². The summed E-state index contributed by atoms with van der Waals surface area (Å²) < 4.78 is 5.67. The summed E-state index contributed by atoms with van der Waals surface area (Å²) in [5.74, 6) is -0.638. The number of carbonyl (C=O) groups is 2. The number of carboxylic acids is 1. The molecular formula is C15H27NO4. The first kappa shape index (κ1) is 17.0. The highest BCUT2D eigenvalue weighted by atomic mass is 16.5. The summed E-state index contributed by atoms with van der Waals surface area (Å²) in [4.78, 5) is 21.9. The van der Waals surface area contributed by atoms with Crippen LogP contribution >= 0.6 is 0 Å². The summed E-state index contributed by atoms with van der Waals surface area (Å²) >= 11 is 0. The van der Waals surface area contributed by atoms with Gasteiger partial charge in [0, 0.05) is 19.4 Å². The van der Waals surface area contributed by atoms with Crippen LogP contribution in [0, 0.1) is 0 Å². The highest BCUT2D eigenvalue weighted by Crippen LogP contribution is 2.22. The first-order valence-electron chi connectivity index (χ1n) is 7.72. The molecule has 5 nitrogen and oxygen atoms in total. The summed E-state index contributed by atoms with van der Waals surface area (Å²) in [7, 11) is 0. The molecule has 0 aromatic carbocycles. The largest absolute Gasteiger partial charge is 0.481 e. The second-order valence-electron chi connectivity index (χ2n) is 5.59. The first-order valence-corrected chi connectivity index (χ1v) is 7.72. The van der Waals surface area contributed by atoms with Crippen LogP contribution in [0.1, 0.15) is 64.7 Å². The van der Waals surface area contributed by atoms with E-state index in [0.29, 0.717) is 19.1 Å². The van der Waals surface area contributed by atoms with Crippen LogP contribution in [-0.4, -0.2) is 35.7 Å². The van der Waals surface area contributed by atoms with Gasteiger partial charge < -0.3 is 15.2 Å². The molecule has 1 saturated heterocycles. The van der Waals surface area contributed by atoms with E-state index in [9.17, 15) is 9.59 Å². The molecule has 0 radical (unpaired) electrons. The number of aliphatic carboxylic acids is 1. The second-order valence-corrected chi connectivity index (χ2v) is 5.59. The van der Waals surface area contributed by atoms with Gasteiger partial charge in [0.25, 0.3) is 0 Å². The lowest BCUT2D eigenvalue weighted by molar-refractivity contribution is -0.137. The standard InChI is InChI=1S/C15H27NO4/c1-12-7-8-13(20-12)9-10-14(17)16-11-5-3-2-4-6-15(18)19/h12-13H,2-11H2,1H3,(H,16,17)(H,18,19)/t12-,13-/m0/s1. The van der Waals surface area contributed by atoms with E-state index < -0.39 is 5.97 Å². The van der Waals surface area contributed by atoms with Gasteiger partial charge in [-0.05, 0) is 39.0 Å². The van der Waals surface area contributed by atoms with Crippen LogP contribution in [0.3, 0.4) is 0 Å². The minimum absolute atomic E-state index is 0.0960. The molecule has 1 heterocycles. The summed E-state index contributed by atoms with van der Waals surface area (Å²) in [6.45, 7) is 2.76. The number of carbonyl (C=O) groups excluding carboxylic acids is 1. The van der Waals surface area contributed by atoms with E-state index in [0.717, 1.165) is 44.9 Å². The number of unbranched alkanes of at least 4 members (excludes halogenated alkanes) is 3. The maximum absolute atomic E-state index is 11.6. The Kier molecular flexibility index (Phi) is 8.26. The van der Waals surface area contributed by atoms with E-state index in [-0.39, 0.29) is 18.4 Å². The zero-order valence-electron chi connectivity index (χ0n) is 12.4. The van der Waals surface area contributed by atoms with Gasteiger partial charge in [-0.2, -0.15) is 0 Å². The molecular weight excluding hydrogens is 258 g/mol. The number of ether oxygens (including phenoxy) is 1. The Hall–Kier alpha value is -1.10. The fourth-order valence-electron chi connectivity index (χ4n) is 2.46. The lowest BCUT2D eigenvalue weighted by atomic mass is 10.1. The zero-order valence-corrected chi connectivity index (χ0v) is 12.4. The van der Waals surface area contributed by atoms with Crippen molar-refractivity contribution in [1.29, 1.82) is 0 Å². The highest BCUT2D eigenvalue weighted by molar-refractivity contribution is 5.75. The molecule has 0 aromatic heterocycles. The molecule has 1 aliphatic rings. The number of rotatable bonds is 10. The Morgan fingerprint density at radius 1 is 1.15 bits per heavy atom. The molecule has 0 unspecified atom stereocenters. The van der Waals surface area contributed by atoms with Gasteiger partial charge in [-0.25, -0.2) is 0 Å². The molecule has 0 aromatic rings. The summed E-state index contributed by atoms with van der Waals surface area (Å²) in [6.07, 6.45) is 7.88. The molecule has 0 spiro atoms. The number of hydrogen-bond acceptors (Lipinski definition) is 3. The molecule has 0 aliphatic carbocycles. The number of hydrogen-bond donors (Lipinski definition) is 2. The normalized spacial score (nSPS) is 21.9. The van der Waals surface area contributed by atoms with Crippen molar-refractivity contribution >= 4 is 11.9 Å². The van der Waals surface area contributed by atoms with Crippen LogP contribution in [0.2, 0.25) is 0 Å². The molecule has 2 atom stereocenters. The molecule has 1 rings (SSSR count). The molecule has 2 N–H and O–H groups in total. The Labute approximate surface area is 121 Å². The van der Waals surface area contributed by atoms with Crippen LogP contribution in [-0.2, 0) is 14.3 Å². The quantitative estimate of drug-likeness (QED) is 0.605. The van der Waals surface area contributed by atoms with Crippen molar-refractivity contribution in [2.75, 3.05) is 6.54 Å². The Balaban J connectivity index is 1.89. The molecule has 116 valence electrons. The highest BCUT2D eigenvalue weighted by Gasteiger charge is 2.21. The average Bonchev–Trinajstić information content (AvgIpc) is 2.81. The van der Waals surface area contributed by atoms with Crippen LogP contribution in [0.15, 0.2) is 0 Å². The number of amides is 1. The van der Waals surface area contributed by atoms with Gasteiger partial charge in [-0.1, -0.05) is 12.8 Å². The van der Waals surface area contributed by atoms with Gasteiger partial charge in [-0.3, -0.25) is 9.59 Å². The molecule has 1 aliphatic heterocycles. The van der Waals surface area contributed by atoms with Gasteiger partial charge >= 0.3 is 5.97 Å². The van der Waals surface area contributed by atoms with Crippen LogP contribution < -0.4 is 5.32 Å². The van der Waals surface area contributed by atoms with Crippen molar-refractivity contribution in [3.8, 4) is 0 Å². The number of nitrogens with one attached hydrogen (secondary N) is 1. The zero-order chi connectivity index (χ0) is 14.8. The molecule has 0 saturated carbocycles. The molecule has 1 amide bonds. The Morgan fingerprint density at radius 3 is 2.55 bits per heavy atom. The van der Waals surface area contributed by atoms with Gasteiger partial charge in [0.2, 0.25) is 5.91 Å². The van der Waals surface area contributed by atoms with Crippen LogP contribution in [0.25, 0.3) is 0 Å². The lowest BCUT2D eigenvalue weighted by Crippen LogP contribution is -2.25. The first-order chi connectivity index (χ1) is 9.58. The summed E-state index contributed by atoms with van der Waals surface area (Å²) in [5, 5.41) is 11.4. The van der Waals surface area contributed by atoms with Crippen molar-refractivity contribution in [2.45, 2.75) is 76.9 Å². The monoisotopic (exact) mass is 285 g/mol. The Bertz CT molecular complexity index is 306. The third-order valence-corrected chi connectivity index (χ3v) is 3.65. The van der Waals surface area contributed by atoms with E-state index in [2.05, 4.69) is 12.2 Å². The molecule has 0 bridgehead atoms. The maximum atomic E-state index is 11.6. The molecule has 5 heteroatoms. The van der Waals surface area contributed by atoms with E-state index >= 15 is 0 Å². The molecule has 1 fully saturated rings. The smallest absolute Gasteiger partial charge is 0.303 e. The minimum Gasteiger partial charge on any atom is -0.481 e. The lowest BCUT2D eigenvalue weighted by Gasteiger charge is -2.10. The van der Waals surface area contributed by atoms with Crippen LogP contribution in [0.4, 0.5) is 0 Å². The predicted molar refractivity (Wildman–Crippen MR) is 76.5 cm³/mol. The van der Waals surface area contributed by atoms with Crippen molar-refractivity contribution < 1.29 is 19.4 Å². The van der Waals surface area contributed by atoms with Gasteiger partial charge in [0.05, 0.1) is 12.2 Å². The van der Waals surface area contributed by atoms with Gasteiger partial charge in [0.15, 0.2) is 0 Å². The van der Waals surface area contributed by atoms with Crippen molar-refractivity contribution in [2.24, 2.45) is 0 Å². The number of carboxylic acid groups (broad SMARTS) is 1. The fourth-order valence-corrected chi connectivity index (χ4v) is 2.46. The van der Waals surface area contributed by atoms with Gasteiger partial charge in [-0.15, -0.1) is 0 Å². The maximum Gasteiger partial charge on any atom is 0.303 e. The SMILES string of the molecule is C[C@H]1CC[C@@H](CCC(=O)NCCCCCCC(=O)O)O1. The van der Waals surface area contributed by atoms with Crippen molar-refractivity contribution in [1.82, 2.24) is 5.32 Å². The Morgan fingerprint density at radius 2 is 1.90 bits per heavy atom. The van der Waals surface area contributed by atoms with Crippen molar-refractivity contribution in [3.05, 3.63) is 0 Å².